The largest absolute Gasteiger partial charge is 0.462 e. The first-order chi connectivity index (χ1) is 11.5. The SMILES string of the molecule is CCOC(=O)C1=C(N)OC2=C(C(=O)CCC2)[C@H]1c1cccc(F)c1. The summed E-state index contributed by atoms with van der Waals surface area (Å²) in [6.45, 7) is 1.83. The number of halogens is 1. The molecule has 0 amide bonds. The Hall–Kier alpha value is -2.63. The second-order valence-electron chi connectivity index (χ2n) is 5.70. The summed E-state index contributed by atoms with van der Waals surface area (Å²) in [6, 6.07) is 5.80. The molecular formula is C18H18FNO4. The highest BCUT2D eigenvalue weighted by atomic mass is 19.1. The Bertz CT molecular complexity index is 766. The maximum absolute atomic E-state index is 13.7. The van der Waals surface area contributed by atoms with Crippen LogP contribution in [0.5, 0.6) is 0 Å². The lowest BCUT2D eigenvalue weighted by molar-refractivity contribution is -0.139. The highest BCUT2D eigenvalue weighted by molar-refractivity contribution is 6.03. The van der Waals surface area contributed by atoms with Crippen LogP contribution in [0, 0.1) is 5.82 Å². The molecule has 0 aromatic heterocycles. The van der Waals surface area contributed by atoms with E-state index in [1.165, 1.54) is 18.2 Å². The van der Waals surface area contributed by atoms with Gasteiger partial charge in [0, 0.05) is 18.4 Å². The number of benzene rings is 1. The molecule has 0 bridgehead atoms. The molecule has 0 fully saturated rings. The van der Waals surface area contributed by atoms with Crippen LogP contribution in [-0.4, -0.2) is 18.4 Å². The average Bonchev–Trinajstić information content (AvgIpc) is 2.54. The maximum Gasteiger partial charge on any atom is 0.340 e. The van der Waals surface area contributed by atoms with E-state index in [4.69, 9.17) is 15.2 Å². The average molecular weight is 331 g/mol. The van der Waals surface area contributed by atoms with Gasteiger partial charge < -0.3 is 15.2 Å². The van der Waals surface area contributed by atoms with E-state index in [1.807, 2.05) is 0 Å². The fourth-order valence-electron chi connectivity index (χ4n) is 3.18. The molecule has 2 N–H and O–H groups in total. The Kier molecular flexibility index (Phi) is 4.38. The molecule has 1 aliphatic heterocycles. The molecule has 0 spiro atoms. The lowest BCUT2D eigenvalue weighted by atomic mass is 9.77. The molecule has 126 valence electrons. The van der Waals surface area contributed by atoms with Gasteiger partial charge in [-0.3, -0.25) is 4.79 Å². The predicted molar refractivity (Wildman–Crippen MR) is 84.0 cm³/mol. The molecule has 1 aromatic carbocycles. The summed E-state index contributed by atoms with van der Waals surface area (Å²) in [7, 11) is 0. The Labute approximate surface area is 138 Å². The smallest absolute Gasteiger partial charge is 0.340 e. The van der Waals surface area contributed by atoms with Gasteiger partial charge >= 0.3 is 5.97 Å². The van der Waals surface area contributed by atoms with Gasteiger partial charge in [0.1, 0.15) is 17.1 Å². The number of ether oxygens (including phenoxy) is 2. The van der Waals surface area contributed by atoms with Crippen LogP contribution in [0.25, 0.3) is 0 Å². The van der Waals surface area contributed by atoms with E-state index in [2.05, 4.69) is 0 Å². The Morgan fingerprint density at radius 1 is 1.42 bits per heavy atom. The Morgan fingerprint density at radius 2 is 2.21 bits per heavy atom. The van der Waals surface area contributed by atoms with Crippen molar-refractivity contribution < 1.29 is 23.5 Å². The Balaban J connectivity index is 2.17. The number of carbonyl (C=O) groups is 2. The summed E-state index contributed by atoms with van der Waals surface area (Å²) in [5.41, 5.74) is 6.86. The van der Waals surface area contributed by atoms with E-state index in [1.54, 1.807) is 13.0 Å². The molecule has 1 heterocycles. The van der Waals surface area contributed by atoms with E-state index in [0.29, 0.717) is 36.2 Å². The van der Waals surface area contributed by atoms with Gasteiger partial charge in [0.2, 0.25) is 5.88 Å². The summed E-state index contributed by atoms with van der Waals surface area (Å²) in [6.07, 6.45) is 1.59. The van der Waals surface area contributed by atoms with Crippen LogP contribution in [0.2, 0.25) is 0 Å². The van der Waals surface area contributed by atoms with Gasteiger partial charge in [-0.2, -0.15) is 0 Å². The number of hydrogen-bond donors (Lipinski definition) is 1. The number of hydrogen-bond acceptors (Lipinski definition) is 5. The molecular weight excluding hydrogens is 313 g/mol. The molecule has 1 aliphatic carbocycles. The molecule has 24 heavy (non-hydrogen) atoms. The van der Waals surface area contributed by atoms with Crippen LogP contribution >= 0.6 is 0 Å². The van der Waals surface area contributed by atoms with Crippen molar-refractivity contribution in [2.24, 2.45) is 5.73 Å². The lowest BCUT2D eigenvalue weighted by Crippen LogP contribution is -2.31. The second-order valence-corrected chi connectivity index (χ2v) is 5.70. The quantitative estimate of drug-likeness (QED) is 0.862. The first kappa shape index (κ1) is 16.2. The van der Waals surface area contributed by atoms with Crippen molar-refractivity contribution in [3.05, 3.63) is 58.4 Å². The van der Waals surface area contributed by atoms with Crippen molar-refractivity contribution in [2.75, 3.05) is 6.61 Å². The molecule has 1 atom stereocenters. The maximum atomic E-state index is 13.7. The van der Waals surface area contributed by atoms with E-state index in [0.717, 1.165) is 0 Å². The van der Waals surface area contributed by atoms with Crippen molar-refractivity contribution in [1.82, 2.24) is 0 Å². The summed E-state index contributed by atoms with van der Waals surface area (Å²) in [4.78, 5) is 24.9. The van der Waals surface area contributed by atoms with Gasteiger partial charge in [-0.1, -0.05) is 12.1 Å². The van der Waals surface area contributed by atoms with E-state index in [-0.39, 0.29) is 23.8 Å². The summed E-state index contributed by atoms with van der Waals surface area (Å²) in [5.74, 6) is -1.61. The van der Waals surface area contributed by atoms with E-state index < -0.39 is 17.7 Å². The minimum atomic E-state index is -0.767. The lowest BCUT2D eigenvalue weighted by Gasteiger charge is -2.32. The highest BCUT2D eigenvalue weighted by Crippen LogP contribution is 2.44. The third kappa shape index (κ3) is 2.79. The summed E-state index contributed by atoms with van der Waals surface area (Å²) in [5, 5.41) is 0. The van der Waals surface area contributed by atoms with Crippen LogP contribution < -0.4 is 5.73 Å². The highest BCUT2D eigenvalue weighted by Gasteiger charge is 2.41. The number of ketones is 1. The van der Waals surface area contributed by atoms with Gasteiger partial charge in [0.05, 0.1) is 12.5 Å². The fraction of sp³-hybridized carbons (Fsp3) is 0.333. The first-order valence-electron chi connectivity index (χ1n) is 7.89. The van der Waals surface area contributed by atoms with Crippen LogP contribution in [0.1, 0.15) is 37.7 Å². The predicted octanol–water partition coefficient (Wildman–Crippen LogP) is 2.68. The third-order valence-electron chi connectivity index (χ3n) is 4.16. The molecule has 0 radical (unpaired) electrons. The molecule has 0 unspecified atom stereocenters. The second kappa shape index (κ2) is 6.47. The van der Waals surface area contributed by atoms with Crippen molar-refractivity contribution in [3.63, 3.8) is 0 Å². The summed E-state index contributed by atoms with van der Waals surface area (Å²) < 4.78 is 24.3. The standard InChI is InChI=1S/C18H18FNO4/c1-2-23-18(22)16-14(10-5-3-6-11(19)9-10)15-12(21)7-4-8-13(15)24-17(16)20/h3,5-6,9,14H,2,4,7-8,20H2,1H3/t14-/m1/s1. The minimum absolute atomic E-state index is 0.0523. The van der Waals surface area contributed by atoms with Gasteiger partial charge in [-0.15, -0.1) is 0 Å². The van der Waals surface area contributed by atoms with Crippen molar-refractivity contribution in [3.8, 4) is 0 Å². The molecule has 6 heteroatoms. The fourth-order valence-corrected chi connectivity index (χ4v) is 3.18. The summed E-state index contributed by atoms with van der Waals surface area (Å²) >= 11 is 0. The normalized spacial score (nSPS) is 20.6. The van der Waals surface area contributed by atoms with Crippen molar-refractivity contribution in [2.45, 2.75) is 32.1 Å². The Morgan fingerprint density at radius 3 is 2.92 bits per heavy atom. The van der Waals surface area contributed by atoms with Crippen LogP contribution in [-0.2, 0) is 19.1 Å². The number of rotatable bonds is 3. The third-order valence-corrected chi connectivity index (χ3v) is 4.16. The molecule has 1 aromatic rings. The number of carbonyl (C=O) groups excluding carboxylic acids is 2. The van der Waals surface area contributed by atoms with Gasteiger partial charge in [-0.05, 0) is 31.0 Å². The molecule has 3 rings (SSSR count). The van der Waals surface area contributed by atoms with Crippen LogP contribution in [0.4, 0.5) is 4.39 Å². The number of nitrogens with two attached hydrogens (primary N) is 1. The zero-order chi connectivity index (χ0) is 17.3. The molecule has 0 saturated heterocycles. The zero-order valence-corrected chi connectivity index (χ0v) is 13.3. The minimum Gasteiger partial charge on any atom is -0.462 e. The molecule has 0 saturated carbocycles. The number of Topliss-reactive ketones (excluding diaryl/α,β-unsaturated/α-hetero) is 1. The molecule has 2 aliphatic rings. The van der Waals surface area contributed by atoms with E-state index in [9.17, 15) is 14.0 Å². The monoisotopic (exact) mass is 331 g/mol. The van der Waals surface area contributed by atoms with Gasteiger partial charge in [-0.25, -0.2) is 9.18 Å². The van der Waals surface area contributed by atoms with E-state index >= 15 is 0 Å². The number of esters is 1. The van der Waals surface area contributed by atoms with Crippen LogP contribution in [0.15, 0.2) is 47.1 Å². The van der Waals surface area contributed by atoms with Gasteiger partial charge in [0.15, 0.2) is 5.78 Å². The van der Waals surface area contributed by atoms with Crippen molar-refractivity contribution >= 4 is 11.8 Å². The van der Waals surface area contributed by atoms with Gasteiger partial charge in [0.25, 0.3) is 0 Å². The zero-order valence-electron chi connectivity index (χ0n) is 13.3. The topological polar surface area (TPSA) is 78.6 Å². The van der Waals surface area contributed by atoms with Crippen LogP contribution in [0.3, 0.4) is 0 Å². The number of allylic oxidation sites excluding steroid dienone is 2. The molecule has 5 nitrogen and oxygen atoms in total. The first-order valence-corrected chi connectivity index (χ1v) is 7.89. The van der Waals surface area contributed by atoms with Crippen molar-refractivity contribution in [1.29, 1.82) is 0 Å².